The number of benzene rings is 1. The number of rotatable bonds is 5. The fraction of sp³-hybridized carbons (Fsp3) is 0.353. The average Bonchev–Trinajstić information content (AvgIpc) is 2.56. The largest absolute Gasteiger partial charge is 0.434 e. The third-order valence-corrected chi connectivity index (χ3v) is 4.91. The summed E-state index contributed by atoms with van der Waals surface area (Å²) in [7, 11) is 0. The Bertz CT molecular complexity index is 836. The van der Waals surface area contributed by atoms with Crippen molar-refractivity contribution in [2.24, 2.45) is 5.92 Å². The molecule has 3 rings (SSSR count). The van der Waals surface area contributed by atoms with E-state index in [1.807, 2.05) is 0 Å². The van der Waals surface area contributed by atoms with E-state index in [-0.39, 0.29) is 21.7 Å². The van der Waals surface area contributed by atoms with Crippen molar-refractivity contribution in [1.82, 2.24) is 15.3 Å². The van der Waals surface area contributed by atoms with Gasteiger partial charge in [-0.25, -0.2) is 9.97 Å². The van der Waals surface area contributed by atoms with E-state index >= 15 is 0 Å². The number of anilines is 2. The van der Waals surface area contributed by atoms with Gasteiger partial charge in [-0.3, -0.25) is 4.79 Å². The number of carbonyl (C=O) groups is 1. The van der Waals surface area contributed by atoms with Gasteiger partial charge in [-0.05, 0) is 30.9 Å². The van der Waals surface area contributed by atoms with Gasteiger partial charge in [0.15, 0.2) is 5.69 Å². The summed E-state index contributed by atoms with van der Waals surface area (Å²) in [6.07, 6.45) is -0.983. The van der Waals surface area contributed by atoms with E-state index in [1.54, 1.807) is 6.07 Å². The lowest BCUT2D eigenvalue weighted by atomic mass is 9.85. The van der Waals surface area contributed by atoms with Crippen LogP contribution in [0, 0.1) is 5.92 Å². The van der Waals surface area contributed by atoms with Crippen molar-refractivity contribution in [2.45, 2.75) is 25.4 Å². The Balaban J connectivity index is 1.86. The van der Waals surface area contributed by atoms with Crippen molar-refractivity contribution in [2.75, 3.05) is 11.9 Å². The van der Waals surface area contributed by atoms with E-state index in [0.29, 0.717) is 12.5 Å². The number of hydrogen-bond acceptors (Lipinski definition) is 4. The molecule has 1 aliphatic rings. The van der Waals surface area contributed by atoms with Gasteiger partial charge in [-0.2, -0.15) is 13.2 Å². The maximum atomic E-state index is 13.4. The van der Waals surface area contributed by atoms with Gasteiger partial charge in [-0.15, -0.1) is 0 Å². The molecule has 1 saturated carbocycles. The van der Waals surface area contributed by atoms with Crippen LogP contribution in [0.1, 0.15) is 35.3 Å². The molecule has 27 heavy (non-hydrogen) atoms. The molecule has 1 aliphatic carbocycles. The highest BCUT2D eigenvalue weighted by Crippen LogP contribution is 2.34. The highest BCUT2D eigenvalue weighted by atomic mass is 35.5. The molecule has 0 aliphatic heterocycles. The second-order valence-electron chi connectivity index (χ2n) is 6.18. The molecule has 144 valence electrons. The molecule has 0 bridgehead atoms. The maximum absolute atomic E-state index is 13.4. The van der Waals surface area contributed by atoms with Crippen LogP contribution in [0.25, 0.3) is 0 Å². The van der Waals surface area contributed by atoms with Crippen LogP contribution in [0.2, 0.25) is 10.0 Å². The zero-order chi connectivity index (χ0) is 19.6. The lowest BCUT2D eigenvalue weighted by Crippen LogP contribution is -2.33. The SMILES string of the molecule is O=C(NCC1CCC1)c1cnc(Nc2c(Cl)cccc2Cl)nc1C(F)(F)F. The molecule has 0 radical (unpaired) electrons. The summed E-state index contributed by atoms with van der Waals surface area (Å²) in [6.45, 7) is 0.339. The molecule has 5 nitrogen and oxygen atoms in total. The summed E-state index contributed by atoms with van der Waals surface area (Å²) in [6, 6.07) is 4.62. The minimum absolute atomic E-state index is 0.177. The number of para-hydroxylation sites is 1. The molecular weight excluding hydrogens is 404 g/mol. The first-order valence-corrected chi connectivity index (χ1v) is 8.94. The minimum atomic E-state index is -4.83. The summed E-state index contributed by atoms with van der Waals surface area (Å²) >= 11 is 12.0. The number of halogens is 5. The summed E-state index contributed by atoms with van der Waals surface area (Å²) in [5, 5.41) is 5.48. The molecule has 0 saturated heterocycles. The normalized spacial score (nSPS) is 14.6. The van der Waals surface area contributed by atoms with Crippen molar-refractivity contribution in [3.63, 3.8) is 0 Å². The van der Waals surface area contributed by atoms with Gasteiger partial charge in [0, 0.05) is 12.7 Å². The Morgan fingerprint density at radius 1 is 1.22 bits per heavy atom. The fourth-order valence-electron chi connectivity index (χ4n) is 2.58. The number of nitrogens with one attached hydrogen (secondary N) is 2. The van der Waals surface area contributed by atoms with Gasteiger partial charge in [0.25, 0.3) is 5.91 Å². The van der Waals surface area contributed by atoms with Crippen LogP contribution in [0.15, 0.2) is 24.4 Å². The lowest BCUT2D eigenvalue weighted by molar-refractivity contribution is -0.141. The van der Waals surface area contributed by atoms with E-state index in [9.17, 15) is 18.0 Å². The Morgan fingerprint density at radius 3 is 2.44 bits per heavy atom. The first-order valence-electron chi connectivity index (χ1n) is 8.19. The Morgan fingerprint density at radius 2 is 1.89 bits per heavy atom. The number of aromatic nitrogens is 2. The van der Waals surface area contributed by atoms with Gasteiger partial charge >= 0.3 is 6.18 Å². The van der Waals surface area contributed by atoms with E-state index in [1.165, 1.54) is 12.1 Å². The second kappa shape index (κ2) is 7.90. The minimum Gasteiger partial charge on any atom is -0.352 e. The molecule has 2 aromatic rings. The molecule has 1 heterocycles. The van der Waals surface area contributed by atoms with E-state index in [0.717, 1.165) is 25.5 Å². The van der Waals surface area contributed by atoms with Crippen LogP contribution >= 0.6 is 23.2 Å². The molecule has 1 fully saturated rings. The van der Waals surface area contributed by atoms with Gasteiger partial charge in [0.05, 0.1) is 21.3 Å². The molecule has 1 amide bonds. The molecule has 1 aromatic carbocycles. The van der Waals surface area contributed by atoms with Crippen molar-refractivity contribution in [1.29, 1.82) is 0 Å². The van der Waals surface area contributed by atoms with Gasteiger partial charge in [0.1, 0.15) is 0 Å². The van der Waals surface area contributed by atoms with Crippen LogP contribution < -0.4 is 10.6 Å². The molecular formula is C17H15Cl2F3N4O. The van der Waals surface area contributed by atoms with Crippen molar-refractivity contribution < 1.29 is 18.0 Å². The van der Waals surface area contributed by atoms with E-state index in [2.05, 4.69) is 20.6 Å². The average molecular weight is 419 g/mol. The molecule has 1 aromatic heterocycles. The number of alkyl halides is 3. The van der Waals surface area contributed by atoms with Crippen LogP contribution in [-0.4, -0.2) is 22.4 Å². The third-order valence-electron chi connectivity index (χ3n) is 4.28. The molecule has 0 atom stereocenters. The molecule has 0 unspecified atom stereocenters. The summed E-state index contributed by atoms with van der Waals surface area (Å²) in [5.41, 5.74) is -1.77. The zero-order valence-electron chi connectivity index (χ0n) is 13.9. The maximum Gasteiger partial charge on any atom is 0.434 e. The first-order chi connectivity index (χ1) is 12.8. The number of carbonyl (C=O) groups excluding carboxylic acids is 1. The third kappa shape index (κ3) is 4.62. The van der Waals surface area contributed by atoms with Crippen molar-refractivity contribution >= 4 is 40.7 Å². The first kappa shape index (κ1) is 19.7. The zero-order valence-corrected chi connectivity index (χ0v) is 15.4. The number of hydrogen-bond donors (Lipinski definition) is 2. The Hall–Kier alpha value is -2.06. The quantitative estimate of drug-likeness (QED) is 0.710. The Labute approximate surface area is 163 Å². The van der Waals surface area contributed by atoms with E-state index < -0.39 is 23.3 Å². The number of amides is 1. The van der Waals surface area contributed by atoms with Crippen molar-refractivity contribution in [3.8, 4) is 0 Å². The summed E-state index contributed by atoms with van der Waals surface area (Å²) in [4.78, 5) is 19.5. The Kier molecular flexibility index (Phi) is 5.76. The molecule has 10 heteroatoms. The predicted molar refractivity (Wildman–Crippen MR) is 96.5 cm³/mol. The summed E-state index contributed by atoms with van der Waals surface area (Å²) in [5.74, 6) is -0.906. The smallest absolute Gasteiger partial charge is 0.352 e. The van der Waals surface area contributed by atoms with Crippen molar-refractivity contribution in [3.05, 3.63) is 45.7 Å². The predicted octanol–water partition coefficient (Wildman–Crippen LogP) is 5.08. The number of nitrogens with zero attached hydrogens (tertiary/aromatic N) is 2. The van der Waals surface area contributed by atoms with Gasteiger partial charge < -0.3 is 10.6 Å². The van der Waals surface area contributed by atoms with Gasteiger partial charge in [-0.1, -0.05) is 35.7 Å². The van der Waals surface area contributed by atoms with Crippen LogP contribution in [0.4, 0.5) is 24.8 Å². The van der Waals surface area contributed by atoms with Gasteiger partial charge in [0.2, 0.25) is 5.95 Å². The lowest BCUT2D eigenvalue weighted by Gasteiger charge is -2.25. The molecule has 2 N–H and O–H groups in total. The second-order valence-corrected chi connectivity index (χ2v) is 7.00. The standard InChI is InChI=1S/C17H15Cl2F3N4O/c18-11-5-2-6-12(19)13(11)25-16-24-8-10(14(26-16)17(20,21)22)15(27)23-7-9-3-1-4-9/h2,5-6,8-9H,1,3-4,7H2,(H,23,27)(H,24,25,26). The fourth-order valence-corrected chi connectivity index (χ4v) is 3.07. The highest BCUT2D eigenvalue weighted by Gasteiger charge is 2.38. The van der Waals surface area contributed by atoms with Crippen LogP contribution in [0.5, 0.6) is 0 Å². The topological polar surface area (TPSA) is 66.9 Å². The highest BCUT2D eigenvalue weighted by molar-refractivity contribution is 6.39. The monoisotopic (exact) mass is 418 g/mol. The summed E-state index contributed by atoms with van der Waals surface area (Å²) < 4.78 is 40.2. The van der Waals surface area contributed by atoms with E-state index in [4.69, 9.17) is 23.2 Å². The van der Waals surface area contributed by atoms with Crippen LogP contribution in [0.3, 0.4) is 0 Å². The molecule has 0 spiro atoms. The van der Waals surface area contributed by atoms with Crippen LogP contribution in [-0.2, 0) is 6.18 Å².